The van der Waals surface area contributed by atoms with Crippen LogP contribution in [0.1, 0.15) is 5.56 Å². The molecule has 1 aromatic carbocycles. The van der Waals surface area contributed by atoms with Crippen LogP contribution in [0.4, 0.5) is 5.82 Å². The quantitative estimate of drug-likeness (QED) is 0.875. The largest absolute Gasteiger partial charge is 0.497 e. The Kier molecular flexibility index (Phi) is 3.45. The summed E-state index contributed by atoms with van der Waals surface area (Å²) in [6.07, 6.45) is 0. The van der Waals surface area contributed by atoms with E-state index >= 15 is 0 Å². The van der Waals surface area contributed by atoms with Gasteiger partial charge in [0.1, 0.15) is 18.2 Å². The highest BCUT2D eigenvalue weighted by molar-refractivity contribution is 5.32. The summed E-state index contributed by atoms with van der Waals surface area (Å²) >= 11 is 0. The lowest BCUT2D eigenvalue weighted by atomic mass is 10.2. The molecule has 2 rings (SSSR count). The zero-order valence-electron chi connectivity index (χ0n) is 9.59. The van der Waals surface area contributed by atoms with Crippen LogP contribution < -0.4 is 15.2 Å². The van der Waals surface area contributed by atoms with E-state index in [9.17, 15) is 0 Å². The molecule has 0 radical (unpaired) electrons. The average molecular weight is 230 g/mol. The maximum atomic E-state index is 5.56. The predicted octanol–water partition coefficient (Wildman–Crippen LogP) is 2.25. The number of nitrogens with two attached hydrogens (primary N) is 1. The summed E-state index contributed by atoms with van der Waals surface area (Å²) in [6.45, 7) is 0.438. The summed E-state index contributed by atoms with van der Waals surface area (Å²) in [5.74, 6) is 1.78. The summed E-state index contributed by atoms with van der Waals surface area (Å²) in [6, 6.07) is 13.0. The van der Waals surface area contributed by atoms with E-state index in [-0.39, 0.29) is 0 Å². The van der Waals surface area contributed by atoms with Crippen molar-refractivity contribution in [2.24, 2.45) is 0 Å². The van der Waals surface area contributed by atoms with Crippen molar-refractivity contribution in [1.29, 1.82) is 0 Å². The number of benzene rings is 1. The van der Waals surface area contributed by atoms with E-state index < -0.39 is 0 Å². The standard InChI is InChI=1S/C13H14N2O2/c1-16-11-5-2-4-10(8-11)9-17-13-7-3-6-12(14)15-13/h2-8H,9H2,1H3,(H2,14,15). The fraction of sp³-hybridized carbons (Fsp3) is 0.154. The van der Waals surface area contributed by atoms with E-state index in [2.05, 4.69) is 4.98 Å². The van der Waals surface area contributed by atoms with Crippen LogP contribution in [0.25, 0.3) is 0 Å². The Bertz CT molecular complexity index is 500. The van der Waals surface area contributed by atoms with Crippen molar-refractivity contribution in [1.82, 2.24) is 4.98 Å². The van der Waals surface area contributed by atoms with Crippen molar-refractivity contribution in [3.8, 4) is 11.6 Å². The number of rotatable bonds is 4. The van der Waals surface area contributed by atoms with Gasteiger partial charge in [-0.3, -0.25) is 0 Å². The molecule has 0 saturated heterocycles. The minimum absolute atomic E-state index is 0.438. The lowest BCUT2D eigenvalue weighted by Crippen LogP contribution is -1.99. The van der Waals surface area contributed by atoms with E-state index in [1.54, 1.807) is 19.2 Å². The molecule has 0 bridgehead atoms. The summed E-state index contributed by atoms with van der Waals surface area (Å²) in [5.41, 5.74) is 6.58. The molecule has 4 nitrogen and oxygen atoms in total. The van der Waals surface area contributed by atoms with Crippen LogP contribution in [-0.4, -0.2) is 12.1 Å². The smallest absolute Gasteiger partial charge is 0.215 e. The van der Waals surface area contributed by atoms with E-state index in [0.29, 0.717) is 18.3 Å². The van der Waals surface area contributed by atoms with Crippen molar-refractivity contribution in [3.05, 3.63) is 48.0 Å². The second kappa shape index (κ2) is 5.21. The zero-order chi connectivity index (χ0) is 12.1. The molecule has 4 heteroatoms. The molecular formula is C13H14N2O2. The Balaban J connectivity index is 2.02. The molecule has 2 aromatic rings. The first-order valence-electron chi connectivity index (χ1n) is 5.26. The first-order valence-corrected chi connectivity index (χ1v) is 5.26. The van der Waals surface area contributed by atoms with Gasteiger partial charge in [0.2, 0.25) is 5.88 Å². The highest BCUT2D eigenvalue weighted by atomic mass is 16.5. The van der Waals surface area contributed by atoms with Gasteiger partial charge in [-0.2, -0.15) is 4.98 Å². The third kappa shape index (κ3) is 3.11. The monoisotopic (exact) mass is 230 g/mol. The third-order valence-corrected chi connectivity index (χ3v) is 2.27. The average Bonchev–Trinajstić information content (AvgIpc) is 2.37. The van der Waals surface area contributed by atoms with Gasteiger partial charge in [0.25, 0.3) is 0 Å². The topological polar surface area (TPSA) is 57.4 Å². The van der Waals surface area contributed by atoms with Gasteiger partial charge < -0.3 is 15.2 Å². The minimum atomic E-state index is 0.438. The Hall–Kier alpha value is -2.23. The van der Waals surface area contributed by atoms with Crippen molar-refractivity contribution in [3.63, 3.8) is 0 Å². The van der Waals surface area contributed by atoms with Gasteiger partial charge in [0.05, 0.1) is 7.11 Å². The van der Waals surface area contributed by atoms with Crippen molar-refractivity contribution in [2.75, 3.05) is 12.8 Å². The van der Waals surface area contributed by atoms with Crippen LogP contribution in [0.5, 0.6) is 11.6 Å². The maximum absolute atomic E-state index is 5.56. The second-order valence-electron chi connectivity index (χ2n) is 3.54. The molecule has 0 unspecified atom stereocenters. The van der Waals surface area contributed by atoms with Gasteiger partial charge >= 0.3 is 0 Å². The molecule has 1 aromatic heterocycles. The molecule has 17 heavy (non-hydrogen) atoms. The van der Waals surface area contributed by atoms with Gasteiger partial charge in [-0.15, -0.1) is 0 Å². The Morgan fingerprint density at radius 1 is 1.18 bits per heavy atom. The van der Waals surface area contributed by atoms with Crippen LogP contribution >= 0.6 is 0 Å². The lowest BCUT2D eigenvalue weighted by Gasteiger charge is -2.07. The number of ether oxygens (including phenoxy) is 2. The van der Waals surface area contributed by atoms with Crippen LogP contribution in [0.15, 0.2) is 42.5 Å². The third-order valence-electron chi connectivity index (χ3n) is 2.27. The molecule has 0 saturated carbocycles. The van der Waals surface area contributed by atoms with Gasteiger partial charge in [0, 0.05) is 6.07 Å². The van der Waals surface area contributed by atoms with Crippen LogP contribution in [0.3, 0.4) is 0 Å². The van der Waals surface area contributed by atoms with Gasteiger partial charge in [-0.25, -0.2) is 0 Å². The number of nitrogen functional groups attached to an aromatic ring is 1. The van der Waals surface area contributed by atoms with E-state index in [0.717, 1.165) is 11.3 Å². The highest BCUT2D eigenvalue weighted by Gasteiger charge is 1.99. The van der Waals surface area contributed by atoms with Gasteiger partial charge in [0.15, 0.2) is 0 Å². The molecule has 1 heterocycles. The zero-order valence-corrected chi connectivity index (χ0v) is 9.59. The molecule has 0 amide bonds. The fourth-order valence-corrected chi connectivity index (χ4v) is 1.43. The number of anilines is 1. The van der Waals surface area contributed by atoms with Crippen molar-refractivity contribution < 1.29 is 9.47 Å². The normalized spacial score (nSPS) is 9.94. The summed E-state index contributed by atoms with van der Waals surface area (Å²) < 4.78 is 10.7. The molecule has 2 N–H and O–H groups in total. The first kappa shape index (κ1) is 11.3. The summed E-state index contributed by atoms with van der Waals surface area (Å²) in [4.78, 5) is 4.06. The van der Waals surface area contributed by atoms with Crippen LogP contribution in [-0.2, 0) is 6.61 Å². The number of pyridine rings is 1. The Morgan fingerprint density at radius 3 is 2.76 bits per heavy atom. The maximum Gasteiger partial charge on any atom is 0.215 e. The van der Waals surface area contributed by atoms with E-state index in [1.165, 1.54) is 0 Å². The Labute approximate surface area is 100 Å². The predicted molar refractivity (Wildman–Crippen MR) is 66.0 cm³/mol. The van der Waals surface area contributed by atoms with Gasteiger partial charge in [-0.05, 0) is 23.8 Å². The van der Waals surface area contributed by atoms with E-state index in [4.69, 9.17) is 15.2 Å². The number of hydrogen-bond donors (Lipinski definition) is 1. The number of methoxy groups -OCH3 is 1. The molecule has 88 valence electrons. The van der Waals surface area contributed by atoms with Crippen molar-refractivity contribution >= 4 is 5.82 Å². The molecule has 0 aliphatic heterocycles. The molecule has 0 atom stereocenters. The second-order valence-corrected chi connectivity index (χ2v) is 3.54. The van der Waals surface area contributed by atoms with Crippen LogP contribution in [0, 0.1) is 0 Å². The number of aromatic nitrogens is 1. The molecule has 0 spiro atoms. The van der Waals surface area contributed by atoms with E-state index in [1.807, 2.05) is 30.3 Å². The molecule has 0 aliphatic carbocycles. The Morgan fingerprint density at radius 2 is 2.00 bits per heavy atom. The van der Waals surface area contributed by atoms with Gasteiger partial charge in [-0.1, -0.05) is 18.2 Å². The summed E-state index contributed by atoms with van der Waals surface area (Å²) in [5, 5.41) is 0. The minimum Gasteiger partial charge on any atom is -0.497 e. The lowest BCUT2D eigenvalue weighted by molar-refractivity contribution is 0.293. The molecule has 0 fully saturated rings. The van der Waals surface area contributed by atoms with Crippen molar-refractivity contribution in [2.45, 2.75) is 6.61 Å². The number of hydrogen-bond acceptors (Lipinski definition) is 4. The molecular weight excluding hydrogens is 216 g/mol. The van der Waals surface area contributed by atoms with Crippen LogP contribution in [0.2, 0.25) is 0 Å². The summed E-state index contributed by atoms with van der Waals surface area (Å²) in [7, 11) is 1.64. The number of nitrogens with zero attached hydrogens (tertiary/aromatic N) is 1. The molecule has 0 aliphatic rings. The highest BCUT2D eigenvalue weighted by Crippen LogP contribution is 2.15. The SMILES string of the molecule is COc1cccc(COc2cccc(N)n2)c1. The first-order chi connectivity index (χ1) is 8.28. The fourth-order valence-electron chi connectivity index (χ4n) is 1.43.